The molecule has 3 heteroatoms. The number of carbonyl (C=O) groups is 1. The van der Waals surface area contributed by atoms with Gasteiger partial charge in [-0.1, -0.05) is 48.5 Å². The van der Waals surface area contributed by atoms with Crippen molar-refractivity contribution in [1.29, 1.82) is 0 Å². The lowest BCUT2D eigenvalue weighted by Gasteiger charge is -2.30. The predicted octanol–water partition coefficient (Wildman–Crippen LogP) is 5.05. The van der Waals surface area contributed by atoms with Crippen molar-refractivity contribution in [3.8, 4) is 0 Å². The minimum atomic E-state index is -1.76. The van der Waals surface area contributed by atoms with Crippen LogP contribution in [0.3, 0.4) is 0 Å². The molecule has 116 valence electrons. The molecular weight excluding hydrogens is 288 g/mol. The molecule has 0 atom stereocenters. The lowest BCUT2D eigenvalue weighted by Crippen LogP contribution is -2.43. The Morgan fingerprint density at radius 1 is 1.05 bits per heavy atom. The fraction of sp³-hybridized carbons (Fsp3) is 0.316. The number of hydrogen-bond donors (Lipinski definition) is 0. The molecule has 0 spiro atoms. The van der Waals surface area contributed by atoms with Gasteiger partial charge in [-0.15, -0.1) is 0 Å². The van der Waals surface area contributed by atoms with Gasteiger partial charge in [0.25, 0.3) is 0 Å². The van der Waals surface area contributed by atoms with E-state index in [9.17, 15) is 4.79 Å². The molecule has 0 bridgehead atoms. The highest BCUT2D eigenvalue weighted by molar-refractivity contribution is 6.70. The van der Waals surface area contributed by atoms with Crippen molar-refractivity contribution in [3.63, 3.8) is 0 Å². The van der Waals surface area contributed by atoms with Gasteiger partial charge in [0.1, 0.15) is 5.60 Å². The van der Waals surface area contributed by atoms with Gasteiger partial charge in [-0.2, -0.15) is 0 Å². The Kier molecular flexibility index (Phi) is 4.68. The standard InChI is InChI=1S/C19H24O2Si/c1-19(2,21-22(3,4)5)18(20)14-13-16-11-8-10-15-9-6-7-12-17(15)16/h6-14H,1-5H3/b14-13+. The van der Waals surface area contributed by atoms with Crippen LogP contribution in [0.1, 0.15) is 19.4 Å². The molecule has 2 rings (SSSR count). The Balaban J connectivity index is 2.25. The molecule has 0 aromatic heterocycles. The molecule has 0 aliphatic rings. The van der Waals surface area contributed by atoms with Crippen molar-refractivity contribution >= 4 is 30.9 Å². The fourth-order valence-electron chi connectivity index (χ4n) is 2.58. The van der Waals surface area contributed by atoms with Crippen LogP contribution in [0.15, 0.2) is 48.5 Å². The lowest BCUT2D eigenvalue weighted by molar-refractivity contribution is -0.127. The average Bonchev–Trinajstić information content (AvgIpc) is 2.42. The van der Waals surface area contributed by atoms with E-state index in [1.807, 2.05) is 44.2 Å². The van der Waals surface area contributed by atoms with E-state index in [-0.39, 0.29) is 5.78 Å². The summed E-state index contributed by atoms with van der Waals surface area (Å²) in [4.78, 5) is 12.5. The number of ketones is 1. The summed E-state index contributed by atoms with van der Waals surface area (Å²) in [5, 5.41) is 2.33. The van der Waals surface area contributed by atoms with Gasteiger partial charge < -0.3 is 4.43 Å². The van der Waals surface area contributed by atoms with Gasteiger partial charge in [0, 0.05) is 0 Å². The third-order valence-electron chi connectivity index (χ3n) is 3.39. The van der Waals surface area contributed by atoms with Crippen LogP contribution in [0.4, 0.5) is 0 Å². The maximum Gasteiger partial charge on any atom is 0.185 e. The van der Waals surface area contributed by atoms with Crippen LogP contribution in [0.2, 0.25) is 19.6 Å². The summed E-state index contributed by atoms with van der Waals surface area (Å²) in [5.41, 5.74) is 0.279. The van der Waals surface area contributed by atoms with Crippen LogP contribution >= 0.6 is 0 Å². The Bertz CT molecular complexity index is 703. The smallest absolute Gasteiger partial charge is 0.185 e. The molecule has 0 heterocycles. The molecule has 0 aliphatic heterocycles. The summed E-state index contributed by atoms with van der Waals surface area (Å²) in [6, 6.07) is 14.3. The zero-order valence-corrected chi connectivity index (χ0v) is 15.0. The minimum absolute atomic E-state index is 0.00265. The molecule has 2 aromatic carbocycles. The third kappa shape index (κ3) is 4.15. The quantitative estimate of drug-likeness (QED) is 0.570. The molecule has 0 N–H and O–H groups in total. The van der Waals surface area contributed by atoms with Gasteiger partial charge in [0.05, 0.1) is 0 Å². The summed E-state index contributed by atoms with van der Waals surface area (Å²) in [6.45, 7) is 9.98. The van der Waals surface area contributed by atoms with Gasteiger partial charge in [-0.25, -0.2) is 0 Å². The second-order valence-corrected chi connectivity index (χ2v) is 11.4. The summed E-state index contributed by atoms with van der Waals surface area (Å²) < 4.78 is 6.00. The molecule has 2 nitrogen and oxygen atoms in total. The van der Waals surface area contributed by atoms with E-state index in [1.165, 1.54) is 5.39 Å². The minimum Gasteiger partial charge on any atom is -0.405 e. The van der Waals surface area contributed by atoms with Crippen molar-refractivity contribution in [3.05, 3.63) is 54.1 Å². The van der Waals surface area contributed by atoms with Crippen molar-refractivity contribution < 1.29 is 9.22 Å². The Morgan fingerprint density at radius 2 is 1.68 bits per heavy atom. The van der Waals surface area contributed by atoms with Crippen molar-refractivity contribution in [2.45, 2.75) is 39.1 Å². The maximum atomic E-state index is 12.5. The van der Waals surface area contributed by atoms with Gasteiger partial charge >= 0.3 is 0 Å². The molecule has 0 radical (unpaired) electrons. The normalized spacial score (nSPS) is 13.0. The number of rotatable bonds is 5. The van der Waals surface area contributed by atoms with Crippen LogP contribution in [-0.2, 0) is 9.22 Å². The molecular formula is C19H24O2Si. The summed E-state index contributed by atoms with van der Waals surface area (Å²) >= 11 is 0. The van der Waals surface area contributed by atoms with Crippen LogP contribution in [0, 0.1) is 0 Å². The van der Waals surface area contributed by atoms with E-state index in [0.29, 0.717) is 0 Å². The lowest BCUT2D eigenvalue weighted by atomic mass is 10.0. The van der Waals surface area contributed by atoms with Crippen LogP contribution in [0.25, 0.3) is 16.8 Å². The zero-order chi connectivity index (χ0) is 16.4. The second kappa shape index (κ2) is 6.19. The first-order valence-corrected chi connectivity index (χ1v) is 11.0. The highest BCUT2D eigenvalue weighted by Gasteiger charge is 2.32. The molecule has 0 unspecified atom stereocenters. The molecule has 0 saturated heterocycles. The van der Waals surface area contributed by atoms with Crippen LogP contribution < -0.4 is 0 Å². The van der Waals surface area contributed by atoms with Crippen LogP contribution in [-0.4, -0.2) is 19.7 Å². The van der Waals surface area contributed by atoms with E-state index in [0.717, 1.165) is 10.9 Å². The van der Waals surface area contributed by atoms with E-state index in [2.05, 4.69) is 37.8 Å². The van der Waals surface area contributed by atoms with Gasteiger partial charge in [-0.05, 0) is 55.9 Å². The monoisotopic (exact) mass is 312 g/mol. The molecule has 2 aromatic rings. The number of carbonyl (C=O) groups excluding carboxylic acids is 1. The number of benzene rings is 2. The first kappa shape index (κ1) is 16.7. The zero-order valence-electron chi connectivity index (χ0n) is 14.0. The van der Waals surface area contributed by atoms with E-state index in [1.54, 1.807) is 6.08 Å². The topological polar surface area (TPSA) is 26.3 Å². The predicted molar refractivity (Wildman–Crippen MR) is 96.5 cm³/mol. The van der Waals surface area contributed by atoms with Crippen molar-refractivity contribution in [2.24, 2.45) is 0 Å². The fourth-order valence-corrected chi connectivity index (χ4v) is 4.21. The molecule has 0 saturated carbocycles. The Hall–Kier alpha value is -1.71. The summed E-state index contributed by atoms with van der Waals surface area (Å²) in [6.07, 6.45) is 3.53. The average molecular weight is 312 g/mol. The molecule has 0 fully saturated rings. The van der Waals surface area contributed by atoms with Gasteiger partial charge in [-0.3, -0.25) is 4.79 Å². The maximum absolute atomic E-state index is 12.5. The van der Waals surface area contributed by atoms with Crippen molar-refractivity contribution in [1.82, 2.24) is 0 Å². The van der Waals surface area contributed by atoms with Crippen LogP contribution in [0.5, 0.6) is 0 Å². The molecule has 0 amide bonds. The Morgan fingerprint density at radius 3 is 2.36 bits per heavy atom. The van der Waals surface area contributed by atoms with Gasteiger partial charge in [0.15, 0.2) is 14.1 Å². The summed E-state index contributed by atoms with van der Waals surface area (Å²) in [5.74, 6) is 0.00265. The second-order valence-electron chi connectivity index (χ2n) is 6.99. The van der Waals surface area contributed by atoms with Gasteiger partial charge in [0.2, 0.25) is 0 Å². The van der Waals surface area contributed by atoms with E-state index < -0.39 is 13.9 Å². The largest absolute Gasteiger partial charge is 0.405 e. The summed E-state index contributed by atoms with van der Waals surface area (Å²) in [7, 11) is -1.76. The number of fused-ring (bicyclic) bond motifs is 1. The number of hydrogen-bond acceptors (Lipinski definition) is 2. The van der Waals surface area contributed by atoms with E-state index in [4.69, 9.17) is 4.43 Å². The molecule has 22 heavy (non-hydrogen) atoms. The first-order chi connectivity index (χ1) is 10.2. The first-order valence-electron chi connectivity index (χ1n) is 7.59. The third-order valence-corrected chi connectivity index (χ3v) is 4.52. The van der Waals surface area contributed by atoms with E-state index >= 15 is 0 Å². The molecule has 0 aliphatic carbocycles. The highest BCUT2D eigenvalue weighted by Crippen LogP contribution is 2.22. The highest BCUT2D eigenvalue weighted by atomic mass is 28.4. The van der Waals surface area contributed by atoms with Crippen molar-refractivity contribution in [2.75, 3.05) is 0 Å². The SMILES string of the molecule is CC(C)(O[Si](C)(C)C)C(=O)/C=C/c1cccc2ccccc12. The Labute approximate surface area is 133 Å².